The summed E-state index contributed by atoms with van der Waals surface area (Å²) in [6, 6.07) is 14.8. The first kappa shape index (κ1) is 22.6. The van der Waals surface area contributed by atoms with Gasteiger partial charge in [0.25, 0.3) is 0 Å². The zero-order chi connectivity index (χ0) is 23.4. The summed E-state index contributed by atoms with van der Waals surface area (Å²) >= 11 is 0. The fraction of sp³-hybridized carbons (Fsp3) is 0.346. The number of benzene rings is 2. The van der Waals surface area contributed by atoms with E-state index in [0.717, 1.165) is 35.1 Å². The van der Waals surface area contributed by atoms with Crippen LogP contribution in [0.3, 0.4) is 0 Å². The largest absolute Gasteiger partial charge is 0.481 e. The molecule has 0 aliphatic heterocycles. The fourth-order valence-corrected chi connectivity index (χ4v) is 4.40. The standard InChI is InChI=1S/C26H28N2O5/c1-2-13-28(15-17-11-12-17)25(31)23(14-24(29)30)27-26(32)33-16-22-20-9-5-3-7-18(20)19-8-4-6-10-21(19)22/h2-10,17,22-23H,1,11-16H2,(H,27,32)(H,29,30). The summed E-state index contributed by atoms with van der Waals surface area (Å²) in [6.07, 6.45) is 2.38. The first-order valence-electron chi connectivity index (χ1n) is 11.2. The summed E-state index contributed by atoms with van der Waals surface area (Å²) < 4.78 is 5.50. The summed E-state index contributed by atoms with van der Waals surface area (Å²) in [5.74, 6) is -1.30. The second kappa shape index (κ2) is 9.90. The lowest BCUT2D eigenvalue weighted by atomic mass is 9.98. The SMILES string of the molecule is C=CCN(CC1CC1)C(=O)C(CC(=O)O)NC(=O)OCC1c2ccccc2-c2ccccc21. The number of amides is 2. The molecule has 1 fully saturated rings. The second-order valence-corrected chi connectivity index (χ2v) is 8.60. The molecule has 2 aromatic rings. The Balaban J connectivity index is 1.43. The third-order valence-corrected chi connectivity index (χ3v) is 6.15. The highest BCUT2D eigenvalue weighted by molar-refractivity contribution is 5.89. The van der Waals surface area contributed by atoms with Crippen molar-refractivity contribution in [2.24, 2.45) is 5.92 Å². The third kappa shape index (κ3) is 5.25. The highest BCUT2D eigenvalue weighted by Gasteiger charge is 2.33. The van der Waals surface area contributed by atoms with Crippen LogP contribution in [0.25, 0.3) is 11.1 Å². The molecule has 2 aliphatic carbocycles. The minimum Gasteiger partial charge on any atom is -0.481 e. The van der Waals surface area contributed by atoms with Gasteiger partial charge in [0, 0.05) is 19.0 Å². The lowest BCUT2D eigenvalue weighted by molar-refractivity contribution is -0.142. The van der Waals surface area contributed by atoms with Crippen molar-refractivity contribution in [3.05, 3.63) is 72.3 Å². The average molecular weight is 449 g/mol. The van der Waals surface area contributed by atoms with E-state index in [1.807, 2.05) is 48.5 Å². The number of ether oxygens (including phenoxy) is 1. The monoisotopic (exact) mass is 448 g/mol. The van der Waals surface area contributed by atoms with Gasteiger partial charge in [-0.2, -0.15) is 0 Å². The molecule has 0 bridgehead atoms. The van der Waals surface area contributed by atoms with E-state index < -0.39 is 30.4 Å². The van der Waals surface area contributed by atoms with Gasteiger partial charge in [-0.05, 0) is 41.0 Å². The van der Waals surface area contributed by atoms with E-state index in [9.17, 15) is 19.5 Å². The maximum Gasteiger partial charge on any atom is 0.407 e. The van der Waals surface area contributed by atoms with E-state index >= 15 is 0 Å². The predicted octanol–water partition coefficient (Wildman–Crippen LogP) is 3.79. The van der Waals surface area contributed by atoms with Crippen molar-refractivity contribution in [1.29, 1.82) is 0 Å². The Kier molecular flexibility index (Phi) is 6.77. The number of hydrogen-bond acceptors (Lipinski definition) is 4. The molecular formula is C26H28N2O5. The summed E-state index contributed by atoms with van der Waals surface area (Å²) in [5.41, 5.74) is 4.37. The lowest BCUT2D eigenvalue weighted by Gasteiger charge is -2.26. The summed E-state index contributed by atoms with van der Waals surface area (Å²) in [4.78, 5) is 38.5. The zero-order valence-electron chi connectivity index (χ0n) is 18.4. The molecular weight excluding hydrogens is 420 g/mol. The minimum atomic E-state index is -1.20. The topological polar surface area (TPSA) is 95.9 Å². The van der Waals surface area contributed by atoms with Gasteiger partial charge in [-0.3, -0.25) is 9.59 Å². The number of carbonyl (C=O) groups is 3. The molecule has 0 radical (unpaired) electrons. The van der Waals surface area contributed by atoms with Crippen LogP contribution in [0.2, 0.25) is 0 Å². The van der Waals surface area contributed by atoms with Gasteiger partial charge in [0.2, 0.25) is 5.91 Å². The molecule has 0 spiro atoms. The summed E-state index contributed by atoms with van der Waals surface area (Å²) in [5, 5.41) is 11.8. The highest BCUT2D eigenvalue weighted by Crippen LogP contribution is 2.44. The smallest absolute Gasteiger partial charge is 0.407 e. The van der Waals surface area contributed by atoms with Gasteiger partial charge in [0.15, 0.2) is 0 Å². The van der Waals surface area contributed by atoms with Crippen LogP contribution in [0.4, 0.5) is 4.79 Å². The predicted molar refractivity (Wildman–Crippen MR) is 124 cm³/mol. The van der Waals surface area contributed by atoms with E-state index in [1.165, 1.54) is 0 Å². The van der Waals surface area contributed by atoms with Gasteiger partial charge in [-0.25, -0.2) is 4.79 Å². The summed E-state index contributed by atoms with van der Waals surface area (Å²) in [7, 11) is 0. The van der Waals surface area contributed by atoms with Crippen molar-refractivity contribution in [1.82, 2.24) is 10.2 Å². The quantitative estimate of drug-likeness (QED) is 0.539. The van der Waals surface area contributed by atoms with Crippen LogP contribution in [0, 0.1) is 5.92 Å². The van der Waals surface area contributed by atoms with Gasteiger partial charge in [0.1, 0.15) is 12.6 Å². The van der Waals surface area contributed by atoms with E-state index in [4.69, 9.17) is 4.74 Å². The molecule has 2 aliphatic rings. The maximum absolute atomic E-state index is 13.0. The van der Waals surface area contributed by atoms with Crippen molar-refractivity contribution in [3.8, 4) is 11.1 Å². The number of nitrogens with one attached hydrogen (secondary N) is 1. The lowest BCUT2D eigenvalue weighted by Crippen LogP contribution is -2.50. The fourth-order valence-electron chi connectivity index (χ4n) is 4.40. The molecule has 4 rings (SSSR count). The highest BCUT2D eigenvalue weighted by atomic mass is 16.5. The maximum atomic E-state index is 13.0. The third-order valence-electron chi connectivity index (χ3n) is 6.15. The Labute approximate surface area is 193 Å². The second-order valence-electron chi connectivity index (χ2n) is 8.60. The van der Waals surface area contributed by atoms with Crippen LogP contribution in [0.15, 0.2) is 61.2 Å². The molecule has 1 atom stereocenters. The number of carboxylic acid groups (broad SMARTS) is 1. The van der Waals surface area contributed by atoms with Crippen LogP contribution in [-0.2, 0) is 14.3 Å². The van der Waals surface area contributed by atoms with E-state index in [0.29, 0.717) is 19.0 Å². The molecule has 7 nitrogen and oxygen atoms in total. The molecule has 33 heavy (non-hydrogen) atoms. The minimum absolute atomic E-state index is 0.0896. The van der Waals surface area contributed by atoms with Gasteiger partial charge >= 0.3 is 12.1 Å². The number of carbonyl (C=O) groups excluding carboxylic acids is 2. The number of aliphatic carboxylic acids is 1. The Morgan fingerprint density at radius 1 is 1.09 bits per heavy atom. The van der Waals surface area contributed by atoms with Gasteiger partial charge in [-0.15, -0.1) is 6.58 Å². The number of fused-ring (bicyclic) bond motifs is 3. The van der Waals surface area contributed by atoms with Crippen LogP contribution < -0.4 is 5.32 Å². The van der Waals surface area contributed by atoms with Crippen molar-refractivity contribution < 1.29 is 24.2 Å². The number of carboxylic acids is 1. The van der Waals surface area contributed by atoms with E-state index in [-0.39, 0.29) is 12.5 Å². The van der Waals surface area contributed by atoms with Gasteiger partial charge in [-0.1, -0.05) is 54.6 Å². The Morgan fingerprint density at radius 3 is 2.24 bits per heavy atom. The Bertz CT molecular complexity index is 1020. The Hall–Kier alpha value is -3.61. The van der Waals surface area contributed by atoms with Crippen molar-refractivity contribution >= 4 is 18.0 Å². The molecule has 0 heterocycles. The summed E-state index contributed by atoms with van der Waals surface area (Å²) in [6.45, 7) is 4.61. The van der Waals surface area contributed by atoms with Crippen molar-refractivity contribution in [3.63, 3.8) is 0 Å². The molecule has 2 N–H and O–H groups in total. The molecule has 1 unspecified atom stereocenters. The molecule has 1 saturated carbocycles. The first-order valence-corrected chi connectivity index (χ1v) is 11.2. The van der Waals surface area contributed by atoms with E-state index in [2.05, 4.69) is 11.9 Å². The Morgan fingerprint density at radius 2 is 1.70 bits per heavy atom. The molecule has 2 amide bonds. The molecule has 172 valence electrons. The van der Waals surface area contributed by atoms with E-state index in [1.54, 1.807) is 11.0 Å². The van der Waals surface area contributed by atoms with Crippen molar-refractivity contribution in [2.75, 3.05) is 19.7 Å². The number of rotatable bonds is 10. The van der Waals surface area contributed by atoms with Gasteiger partial charge < -0.3 is 20.1 Å². The van der Waals surface area contributed by atoms with Crippen LogP contribution in [-0.4, -0.2) is 53.7 Å². The number of hydrogen-bond donors (Lipinski definition) is 2. The molecule has 7 heteroatoms. The molecule has 0 aromatic heterocycles. The molecule has 0 saturated heterocycles. The number of nitrogens with zero attached hydrogens (tertiary/aromatic N) is 1. The van der Waals surface area contributed by atoms with Crippen LogP contribution >= 0.6 is 0 Å². The molecule has 2 aromatic carbocycles. The normalized spacial score (nSPS) is 15.2. The zero-order valence-corrected chi connectivity index (χ0v) is 18.4. The van der Waals surface area contributed by atoms with Crippen molar-refractivity contribution in [2.45, 2.75) is 31.2 Å². The average Bonchev–Trinajstić information content (AvgIpc) is 3.57. The van der Waals surface area contributed by atoms with Crippen LogP contribution in [0.1, 0.15) is 36.3 Å². The first-order chi connectivity index (χ1) is 16.0. The van der Waals surface area contributed by atoms with Gasteiger partial charge in [0.05, 0.1) is 6.42 Å². The number of alkyl carbamates (subject to hydrolysis) is 1. The van der Waals surface area contributed by atoms with Crippen LogP contribution in [0.5, 0.6) is 0 Å².